The molecule has 1 atom stereocenters. The fourth-order valence-electron chi connectivity index (χ4n) is 1.56. The van der Waals surface area contributed by atoms with Crippen molar-refractivity contribution in [2.45, 2.75) is 19.8 Å². The predicted molar refractivity (Wildman–Crippen MR) is 49.1 cm³/mol. The maximum atomic E-state index is 8.87. The second-order valence-corrected chi connectivity index (χ2v) is 3.25. The van der Waals surface area contributed by atoms with E-state index >= 15 is 0 Å². The predicted octanol–water partition coefficient (Wildman–Crippen LogP) is 1.04. The van der Waals surface area contributed by atoms with Crippen molar-refractivity contribution in [3.8, 4) is 0 Å². The molecule has 1 aliphatic heterocycles. The molecule has 0 spiro atoms. The molecule has 2 N–H and O–H groups in total. The summed E-state index contributed by atoms with van der Waals surface area (Å²) in [4.78, 5) is 0. The Hall–Kier alpha value is 0.210. The summed E-state index contributed by atoms with van der Waals surface area (Å²) in [6, 6.07) is 0. The molecule has 2 nitrogen and oxygen atoms in total. The topological polar surface area (TPSA) is 32.3 Å². The summed E-state index contributed by atoms with van der Waals surface area (Å²) in [7, 11) is 0. The first-order chi connectivity index (χ1) is 4.84. The molecule has 68 valence electrons. The van der Waals surface area contributed by atoms with Gasteiger partial charge >= 0.3 is 0 Å². The second-order valence-electron chi connectivity index (χ2n) is 3.25. The van der Waals surface area contributed by atoms with E-state index in [4.69, 9.17) is 5.11 Å². The van der Waals surface area contributed by atoms with E-state index in [9.17, 15) is 0 Å². The lowest BCUT2D eigenvalue weighted by Gasteiger charge is -2.26. The van der Waals surface area contributed by atoms with Crippen LogP contribution in [0.3, 0.4) is 0 Å². The zero-order valence-electron chi connectivity index (χ0n) is 7.05. The van der Waals surface area contributed by atoms with Gasteiger partial charge in [0.1, 0.15) is 0 Å². The zero-order valence-corrected chi connectivity index (χ0v) is 7.86. The lowest BCUT2D eigenvalue weighted by molar-refractivity contribution is 0.165. The quantitative estimate of drug-likeness (QED) is 0.664. The van der Waals surface area contributed by atoms with E-state index in [1.807, 2.05) is 0 Å². The lowest BCUT2D eigenvalue weighted by atomic mass is 9.87. The van der Waals surface area contributed by atoms with Crippen molar-refractivity contribution in [2.24, 2.45) is 11.8 Å². The molecule has 3 heteroatoms. The van der Waals surface area contributed by atoms with Gasteiger partial charge in [-0.05, 0) is 37.8 Å². The number of aliphatic hydroxyl groups is 1. The summed E-state index contributed by atoms with van der Waals surface area (Å²) < 4.78 is 0. The molecule has 11 heavy (non-hydrogen) atoms. The Morgan fingerprint density at radius 1 is 1.45 bits per heavy atom. The molecule has 0 aromatic heterocycles. The van der Waals surface area contributed by atoms with E-state index in [1.54, 1.807) is 0 Å². The summed E-state index contributed by atoms with van der Waals surface area (Å²) >= 11 is 0. The highest BCUT2D eigenvalue weighted by molar-refractivity contribution is 5.85. The van der Waals surface area contributed by atoms with Crippen molar-refractivity contribution in [3.63, 3.8) is 0 Å². The Balaban J connectivity index is 0.000001000. The summed E-state index contributed by atoms with van der Waals surface area (Å²) in [5, 5.41) is 12.2. The summed E-state index contributed by atoms with van der Waals surface area (Å²) in [5.74, 6) is 1.26. The van der Waals surface area contributed by atoms with E-state index in [0.29, 0.717) is 12.5 Å². The fraction of sp³-hybridized carbons (Fsp3) is 1.00. The van der Waals surface area contributed by atoms with E-state index in [1.165, 1.54) is 12.8 Å². The number of hydrogen-bond donors (Lipinski definition) is 2. The van der Waals surface area contributed by atoms with Gasteiger partial charge in [-0.25, -0.2) is 0 Å². The average Bonchev–Trinajstić information content (AvgIpc) is 2.05. The molecule has 1 heterocycles. The minimum atomic E-state index is 0. The smallest absolute Gasteiger partial charge is 0.0459 e. The molecule has 0 aromatic carbocycles. The molecule has 1 saturated heterocycles. The fourth-order valence-corrected chi connectivity index (χ4v) is 1.56. The minimum absolute atomic E-state index is 0. The average molecular weight is 180 g/mol. The van der Waals surface area contributed by atoms with Crippen LogP contribution in [0.5, 0.6) is 0 Å². The van der Waals surface area contributed by atoms with Crippen LogP contribution in [0.1, 0.15) is 19.8 Å². The van der Waals surface area contributed by atoms with Crippen LogP contribution in [0.4, 0.5) is 0 Å². The van der Waals surface area contributed by atoms with Gasteiger partial charge in [0.15, 0.2) is 0 Å². The molecule has 0 radical (unpaired) electrons. The number of hydrogen-bond acceptors (Lipinski definition) is 2. The van der Waals surface area contributed by atoms with Crippen LogP contribution in [0.25, 0.3) is 0 Å². The first-order valence-corrected chi connectivity index (χ1v) is 4.16. The summed E-state index contributed by atoms with van der Waals surface area (Å²) in [6.07, 6.45) is 2.48. The van der Waals surface area contributed by atoms with Gasteiger partial charge in [0, 0.05) is 6.61 Å². The second kappa shape index (κ2) is 5.81. The Bertz CT molecular complexity index is 94.1. The standard InChI is InChI=1S/C8H17NO.ClH/c1-7(6-10)8-2-4-9-5-3-8;/h7-10H,2-6H2,1H3;1H. The molecule has 0 amide bonds. The van der Waals surface area contributed by atoms with Crippen LogP contribution < -0.4 is 5.32 Å². The van der Waals surface area contributed by atoms with Crippen LogP contribution in [0.2, 0.25) is 0 Å². The Morgan fingerprint density at radius 3 is 2.45 bits per heavy atom. The monoisotopic (exact) mass is 179 g/mol. The molecule has 1 aliphatic rings. The van der Waals surface area contributed by atoms with Gasteiger partial charge in [-0.3, -0.25) is 0 Å². The van der Waals surface area contributed by atoms with Crippen LogP contribution in [-0.4, -0.2) is 24.8 Å². The normalized spacial score (nSPS) is 22.4. The van der Waals surface area contributed by atoms with Crippen LogP contribution >= 0.6 is 12.4 Å². The zero-order chi connectivity index (χ0) is 7.40. The molecule has 0 aromatic rings. The maximum absolute atomic E-state index is 8.87. The van der Waals surface area contributed by atoms with Gasteiger partial charge in [-0.15, -0.1) is 12.4 Å². The molecular weight excluding hydrogens is 162 g/mol. The third-order valence-corrected chi connectivity index (χ3v) is 2.48. The van der Waals surface area contributed by atoms with Crippen LogP contribution in [-0.2, 0) is 0 Å². The number of piperidine rings is 1. The highest BCUT2D eigenvalue weighted by Gasteiger charge is 2.18. The minimum Gasteiger partial charge on any atom is -0.396 e. The van der Waals surface area contributed by atoms with Crippen molar-refractivity contribution in [1.82, 2.24) is 5.32 Å². The first-order valence-electron chi connectivity index (χ1n) is 4.16. The van der Waals surface area contributed by atoms with Gasteiger partial charge < -0.3 is 10.4 Å². The van der Waals surface area contributed by atoms with Gasteiger partial charge in [-0.2, -0.15) is 0 Å². The number of nitrogens with one attached hydrogen (secondary N) is 1. The van der Waals surface area contributed by atoms with Crippen molar-refractivity contribution in [2.75, 3.05) is 19.7 Å². The molecular formula is C8H18ClNO. The van der Waals surface area contributed by atoms with E-state index < -0.39 is 0 Å². The molecule has 1 fully saturated rings. The molecule has 0 saturated carbocycles. The van der Waals surface area contributed by atoms with E-state index in [-0.39, 0.29) is 12.4 Å². The highest BCUT2D eigenvalue weighted by atomic mass is 35.5. The third kappa shape index (κ3) is 3.41. The molecule has 1 unspecified atom stereocenters. The number of halogens is 1. The first kappa shape index (κ1) is 11.2. The Morgan fingerprint density at radius 2 is 2.00 bits per heavy atom. The van der Waals surface area contributed by atoms with Gasteiger partial charge in [-0.1, -0.05) is 6.92 Å². The SMILES string of the molecule is CC(CO)C1CCNCC1.Cl. The number of aliphatic hydroxyl groups excluding tert-OH is 1. The summed E-state index contributed by atoms with van der Waals surface area (Å²) in [6.45, 7) is 4.75. The van der Waals surface area contributed by atoms with Crippen LogP contribution in [0.15, 0.2) is 0 Å². The van der Waals surface area contributed by atoms with Crippen LogP contribution in [0, 0.1) is 11.8 Å². The summed E-state index contributed by atoms with van der Waals surface area (Å²) in [5.41, 5.74) is 0. The van der Waals surface area contributed by atoms with Crippen molar-refractivity contribution < 1.29 is 5.11 Å². The van der Waals surface area contributed by atoms with E-state index in [2.05, 4.69) is 12.2 Å². The Labute approximate surface area is 74.8 Å². The Kier molecular flexibility index (Phi) is 5.92. The largest absolute Gasteiger partial charge is 0.396 e. The molecule has 0 bridgehead atoms. The van der Waals surface area contributed by atoms with Gasteiger partial charge in [0.05, 0.1) is 0 Å². The van der Waals surface area contributed by atoms with Crippen molar-refractivity contribution in [3.05, 3.63) is 0 Å². The molecule has 0 aliphatic carbocycles. The lowest BCUT2D eigenvalue weighted by Crippen LogP contribution is -2.31. The van der Waals surface area contributed by atoms with Gasteiger partial charge in [0.25, 0.3) is 0 Å². The van der Waals surface area contributed by atoms with Crippen molar-refractivity contribution >= 4 is 12.4 Å². The third-order valence-electron chi connectivity index (χ3n) is 2.48. The maximum Gasteiger partial charge on any atom is 0.0459 e. The van der Waals surface area contributed by atoms with Crippen molar-refractivity contribution in [1.29, 1.82) is 0 Å². The molecule has 1 rings (SSSR count). The highest BCUT2D eigenvalue weighted by Crippen LogP contribution is 2.20. The van der Waals surface area contributed by atoms with E-state index in [0.717, 1.165) is 19.0 Å². The van der Waals surface area contributed by atoms with Gasteiger partial charge in [0.2, 0.25) is 0 Å². The number of rotatable bonds is 2.